The summed E-state index contributed by atoms with van der Waals surface area (Å²) in [6, 6.07) is 0.813. The predicted molar refractivity (Wildman–Crippen MR) is 82.1 cm³/mol. The zero-order valence-electron chi connectivity index (χ0n) is 12.9. The van der Waals surface area contributed by atoms with Crippen LogP contribution < -0.4 is 0 Å². The van der Waals surface area contributed by atoms with Crippen LogP contribution in [0.1, 0.15) is 90.9 Å². The van der Waals surface area contributed by atoms with Crippen molar-refractivity contribution in [3.8, 4) is 0 Å². The van der Waals surface area contributed by atoms with Crippen LogP contribution in [0.2, 0.25) is 0 Å². The van der Waals surface area contributed by atoms with Crippen LogP contribution in [0, 0.1) is 0 Å². The Balaban J connectivity index is 2.30. The molecule has 1 aliphatic rings. The molecule has 1 atom stereocenters. The van der Waals surface area contributed by atoms with Crippen molar-refractivity contribution >= 4 is 0 Å². The van der Waals surface area contributed by atoms with Gasteiger partial charge in [-0.25, -0.2) is 0 Å². The summed E-state index contributed by atoms with van der Waals surface area (Å²) in [5.41, 5.74) is 0. The number of hydrogen-bond donors (Lipinski definition) is 0. The second kappa shape index (κ2) is 10.8. The van der Waals surface area contributed by atoms with E-state index in [9.17, 15) is 0 Å². The van der Waals surface area contributed by atoms with E-state index in [0.717, 1.165) is 6.04 Å². The van der Waals surface area contributed by atoms with E-state index in [0.29, 0.717) is 0 Å². The summed E-state index contributed by atoms with van der Waals surface area (Å²) < 4.78 is 0. The largest absolute Gasteiger partial charge is 0.301 e. The minimum Gasteiger partial charge on any atom is -0.301 e. The van der Waals surface area contributed by atoms with E-state index in [-0.39, 0.29) is 0 Å². The monoisotopic (exact) mass is 253 g/mol. The fourth-order valence-corrected chi connectivity index (χ4v) is 3.10. The van der Waals surface area contributed by atoms with E-state index in [4.69, 9.17) is 0 Å². The van der Waals surface area contributed by atoms with E-state index in [2.05, 4.69) is 18.7 Å². The molecule has 0 aliphatic carbocycles. The maximum Gasteiger partial charge on any atom is 0.00669 e. The van der Waals surface area contributed by atoms with Crippen molar-refractivity contribution in [3.63, 3.8) is 0 Å². The van der Waals surface area contributed by atoms with E-state index in [1.54, 1.807) is 0 Å². The van der Waals surface area contributed by atoms with Crippen LogP contribution in [-0.4, -0.2) is 24.0 Å². The van der Waals surface area contributed by atoms with Crippen molar-refractivity contribution in [2.24, 2.45) is 0 Å². The quantitative estimate of drug-likeness (QED) is 0.649. The molecule has 0 aromatic carbocycles. The first-order valence-corrected chi connectivity index (χ1v) is 8.58. The topological polar surface area (TPSA) is 3.24 Å². The summed E-state index contributed by atoms with van der Waals surface area (Å²) in [6.07, 6.45) is 17.3. The maximum absolute atomic E-state index is 2.78. The van der Waals surface area contributed by atoms with Crippen molar-refractivity contribution in [1.29, 1.82) is 0 Å². The lowest BCUT2D eigenvalue weighted by atomic mass is 10.0. The fraction of sp³-hybridized carbons (Fsp3) is 1.00. The highest BCUT2D eigenvalue weighted by atomic mass is 15.1. The molecular weight excluding hydrogens is 218 g/mol. The predicted octanol–water partition coefficient (Wildman–Crippen LogP) is 5.39. The van der Waals surface area contributed by atoms with Gasteiger partial charge in [-0.2, -0.15) is 0 Å². The van der Waals surface area contributed by atoms with Crippen LogP contribution in [0.25, 0.3) is 0 Å². The van der Waals surface area contributed by atoms with Gasteiger partial charge in [-0.15, -0.1) is 0 Å². The minimum atomic E-state index is 0.813. The number of hydrogen-bond acceptors (Lipinski definition) is 1. The lowest BCUT2D eigenvalue weighted by molar-refractivity contribution is 0.187. The lowest BCUT2D eigenvalue weighted by Gasteiger charge is -2.29. The Bertz CT molecular complexity index is 166. The summed E-state index contributed by atoms with van der Waals surface area (Å²) in [6.45, 7) is 7.46. The molecule has 0 N–H and O–H groups in total. The first kappa shape index (κ1) is 16.0. The van der Waals surface area contributed by atoms with Gasteiger partial charge in [0.15, 0.2) is 0 Å². The van der Waals surface area contributed by atoms with Gasteiger partial charge in [-0.3, -0.25) is 0 Å². The van der Waals surface area contributed by atoms with Crippen molar-refractivity contribution in [3.05, 3.63) is 0 Å². The molecule has 1 heterocycles. The van der Waals surface area contributed by atoms with E-state index in [1.165, 1.54) is 90.1 Å². The van der Waals surface area contributed by atoms with Crippen LogP contribution in [0.3, 0.4) is 0 Å². The first-order valence-electron chi connectivity index (χ1n) is 8.58. The Morgan fingerprint density at radius 3 is 1.67 bits per heavy atom. The second-order valence-electron chi connectivity index (χ2n) is 6.21. The summed E-state index contributed by atoms with van der Waals surface area (Å²) in [5, 5.41) is 0. The summed E-state index contributed by atoms with van der Waals surface area (Å²) in [4.78, 5) is 2.78. The molecule has 1 rings (SSSR count). The zero-order chi connectivity index (χ0) is 13.1. The van der Waals surface area contributed by atoms with E-state index < -0.39 is 0 Å². The molecule has 1 unspecified atom stereocenters. The molecule has 0 aromatic rings. The SMILES string of the molecule is CCCCC(C)N1CCCCCCCCCCC1. The molecule has 1 heteroatoms. The lowest BCUT2D eigenvalue weighted by Crippen LogP contribution is -2.35. The number of unbranched alkanes of at least 4 members (excludes halogenated alkanes) is 1. The van der Waals surface area contributed by atoms with Crippen LogP contribution in [-0.2, 0) is 0 Å². The van der Waals surface area contributed by atoms with Crippen molar-refractivity contribution in [2.75, 3.05) is 13.1 Å². The Kier molecular flexibility index (Phi) is 9.65. The fourth-order valence-electron chi connectivity index (χ4n) is 3.10. The third kappa shape index (κ3) is 7.41. The van der Waals surface area contributed by atoms with Crippen LogP contribution >= 0.6 is 0 Å². The average Bonchev–Trinajstić information content (AvgIpc) is 2.36. The highest BCUT2D eigenvalue weighted by Gasteiger charge is 2.12. The highest BCUT2D eigenvalue weighted by Crippen LogP contribution is 2.16. The van der Waals surface area contributed by atoms with E-state index in [1.807, 2.05) is 0 Å². The molecule has 0 spiro atoms. The standard InChI is InChI=1S/C17H35N/c1-3-4-14-17(2)18-15-12-10-8-6-5-7-9-11-13-16-18/h17H,3-16H2,1-2H3. The third-order valence-corrected chi connectivity index (χ3v) is 4.49. The molecule has 1 saturated heterocycles. The Morgan fingerprint density at radius 1 is 0.778 bits per heavy atom. The van der Waals surface area contributed by atoms with Gasteiger partial charge in [0.05, 0.1) is 0 Å². The first-order chi connectivity index (χ1) is 8.84. The average molecular weight is 253 g/mol. The zero-order valence-corrected chi connectivity index (χ0v) is 12.9. The molecular formula is C17H35N. The molecule has 108 valence electrons. The molecule has 0 aromatic heterocycles. The normalized spacial score (nSPS) is 23.0. The minimum absolute atomic E-state index is 0.813. The smallest absolute Gasteiger partial charge is 0.00669 e. The number of nitrogens with zero attached hydrogens (tertiary/aromatic N) is 1. The molecule has 1 fully saturated rings. The molecule has 18 heavy (non-hydrogen) atoms. The molecule has 0 amide bonds. The molecule has 1 nitrogen and oxygen atoms in total. The van der Waals surface area contributed by atoms with Crippen molar-refractivity contribution in [2.45, 2.75) is 96.9 Å². The Hall–Kier alpha value is -0.0400. The Labute approximate surface area is 115 Å². The number of rotatable bonds is 4. The summed E-state index contributed by atoms with van der Waals surface area (Å²) in [7, 11) is 0. The van der Waals surface area contributed by atoms with Crippen LogP contribution in [0.5, 0.6) is 0 Å². The van der Waals surface area contributed by atoms with Gasteiger partial charge in [-0.05, 0) is 39.3 Å². The van der Waals surface area contributed by atoms with E-state index >= 15 is 0 Å². The molecule has 0 radical (unpaired) electrons. The van der Waals surface area contributed by atoms with Gasteiger partial charge in [0.2, 0.25) is 0 Å². The summed E-state index contributed by atoms with van der Waals surface area (Å²) >= 11 is 0. The molecule has 0 saturated carbocycles. The van der Waals surface area contributed by atoms with Gasteiger partial charge >= 0.3 is 0 Å². The maximum atomic E-state index is 2.78. The van der Waals surface area contributed by atoms with Gasteiger partial charge in [0, 0.05) is 6.04 Å². The van der Waals surface area contributed by atoms with Gasteiger partial charge < -0.3 is 4.90 Å². The second-order valence-corrected chi connectivity index (χ2v) is 6.21. The van der Waals surface area contributed by atoms with Crippen LogP contribution in [0.4, 0.5) is 0 Å². The van der Waals surface area contributed by atoms with Crippen molar-refractivity contribution in [1.82, 2.24) is 4.90 Å². The van der Waals surface area contributed by atoms with Gasteiger partial charge in [0.1, 0.15) is 0 Å². The van der Waals surface area contributed by atoms with Gasteiger partial charge in [0.25, 0.3) is 0 Å². The summed E-state index contributed by atoms with van der Waals surface area (Å²) in [5.74, 6) is 0. The molecule has 1 aliphatic heterocycles. The van der Waals surface area contributed by atoms with Crippen LogP contribution in [0.15, 0.2) is 0 Å². The Morgan fingerprint density at radius 2 is 1.22 bits per heavy atom. The van der Waals surface area contributed by atoms with Gasteiger partial charge in [-0.1, -0.05) is 64.7 Å². The third-order valence-electron chi connectivity index (χ3n) is 4.49. The molecule has 0 bridgehead atoms. The van der Waals surface area contributed by atoms with Crippen molar-refractivity contribution < 1.29 is 0 Å². The highest BCUT2D eigenvalue weighted by molar-refractivity contribution is 4.68.